The van der Waals surface area contributed by atoms with Crippen LogP contribution in [0.4, 0.5) is 11.4 Å². The van der Waals surface area contributed by atoms with Crippen LogP contribution in [0.3, 0.4) is 0 Å². The van der Waals surface area contributed by atoms with E-state index in [2.05, 4.69) is 16.0 Å². The second-order valence-electron chi connectivity index (χ2n) is 9.46. The maximum atomic E-state index is 13.4. The van der Waals surface area contributed by atoms with Gasteiger partial charge in [-0.3, -0.25) is 19.2 Å². The number of nitrogens with one attached hydrogen (secondary N) is 3. The zero-order valence-electron chi connectivity index (χ0n) is 23.1. The molecule has 0 radical (unpaired) electrons. The lowest BCUT2D eigenvalue weighted by Gasteiger charge is -2.14. The minimum Gasteiger partial charge on any atom is -0.366 e. The molecule has 0 aliphatic carbocycles. The molecule has 9 heteroatoms. The number of benzene rings is 4. The summed E-state index contributed by atoms with van der Waals surface area (Å²) in [5.41, 5.74) is 9.01. The molecule has 0 aliphatic rings. The number of anilines is 2. The summed E-state index contributed by atoms with van der Waals surface area (Å²) in [7, 11) is 0. The highest BCUT2D eigenvalue weighted by molar-refractivity contribution is 8.00. The normalized spacial score (nSPS) is 11.7. The smallest absolute Gasteiger partial charge is 0.272 e. The van der Waals surface area contributed by atoms with Crippen molar-refractivity contribution in [1.29, 1.82) is 0 Å². The fourth-order valence-electron chi connectivity index (χ4n) is 3.84. The third-order valence-electron chi connectivity index (χ3n) is 6.13. The fraction of sp³-hybridized carbons (Fsp3) is 0.0909. The number of carbonyl (C=O) groups excluding carboxylic acids is 4. The highest BCUT2D eigenvalue weighted by Gasteiger charge is 2.17. The lowest BCUT2D eigenvalue weighted by molar-refractivity contribution is -0.115. The number of thioether (sulfide) groups is 1. The van der Waals surface area contributed by atoms with E-state index >= 15 is 0 Å². The van der Waals surface area contributed by atoms with Gasteiger partial charge in [-0.25, -0.2) is 0 Å². The van der Waals surface area contributed by atoms with Crippen molar-refractivity contribution in [3.63, 3.8) is 0 Å². The zero-order chi connectivity index (χ0) is 30.1. The summed E-state index contributed by atoms with van der Waals surface area (Å²) in [4.78, 5) is 51.0. The molecule has 4 amide bonds. The minimum absolute atomic E-state index is 0.0841. The minimum atomic E-state index is -0.542. The van der Waals surface area contributed by atoms with Gasteiger partial charge < -0.3 is 21.7 Å². The van der Waals surface area contributed by atoms with Crippen molar-refractivity contribution < 1.29 is 19.2 Å². The van der Waals surface area contributed by atoms with Crippen LogP contribution in [0, 0.1) is 6.92 Å². The first-order valence-electron chi connectivity index (χ1n) is 13.1. The predicted octanol–water partition coefficient (Wildman–Crippen LogP) is 5.62. The summed E-state index contributed by atoms with van der Waals surface area (Å²) >= 11 is 1.32. The van der Waals surface area contributed by atoms with E-state index in [0.717, 1.165) is 16.0 Å². The largest absolute Gasteiger partial charge is 0.366 e. The number of nitrogens with two attached hydrogens (primary N) is 1. The Morgan fingerprint density at radius 1 is 0.762 bits per heavy atom. The van der Waals surface area contributed by atoms with Crippen molar-refractivity contribution in [2.45, 2.75) is 24.0 Å². The monoisotopic (exact) mass is 578 g/mol. The van der Waals surface area contributed by atoms with Crippen molar-refractivity contribution in [1.82, 2.24) is 5.32 Å². The van der Waals surface area contributed by atoms with Crippen molar-refractivity contribution in [3.8, 4) is 0 Å². The summed E-state index contributed by atoms with van der Waals surface area (Å²) < 4.78 is 0. The number of hydrogen-bond acceptors (Lipinski definition) is 5. The van der Waals surface area contributed by atoms with Crippen molar-refractivity contribution in [2.24, 2.45) is 5.73 Å². The zero-order valence-corrected chi connectivity index (χ0v) is 23.9. The maximum Gasteiger partial charge on any atom is 0.272 e. The van der Waals surface area contributed by atoms with Gasteiger partial charge in [-0.2, -0.15) is 0 Å². The van der Waals surface area contributed by atoms with Crippen LogP contribution in [-0.4, -0.2) is 28.9 Å². The number of carbonyl (C=O) groups is 4. The molecule has 1 atom stereocenters. The maximum absolute atomic E-state index is 13.4. The first-order valence-corrected chi connectivity index (χ1v) is 14.0. The second-order valence-corrected chi connectivity index (χ2v) is 10.9. The molecule has 0 spiro atoms. The van der Waals surface area contributed by atoms with Crippen molar-refractivity contribution >= 4 is 52.8 Å². The van der Waals surface area contributed by atoms with Crippen LogP contribution in [-0.2, 0) is 9.59 Å². The van der Waals surface area contributed by atoms with E-state index in [4.69, 9.17) is 5.73 Å². The first-order chi connectivity index (χ1) is 20.2. The van der Waals surface area contributed by atoms with E-state index in [-0.39, 0.29) is 11.6 Å². The molecule has 0 fully saturated rings. The predicted molar refractivity (Wildman–Crippen MR) is 167 cm³/mol. The summed E-state index contributed by atoms with van der Waals surface area (Å²) in [6.07, 6.45) is 1.62. The summed E-state index contributed by atoms with van der Waals surface area (Å²) in [6, 6.07) is 29.7. The van der Waals surface area contributed by atoms with E-state index in [1.54, 1.807) is 79.7 Å². The van der Waals surface area contributed by atoms with Crippen LogP contribution in [0.25, 0.3) is 6.08 Å². The topological polar surface area (TPSA) is 130 Å². The molecule has 212 valence electrons. The summed E-state index contributed by atoms with van der Waals surface area (Å²) in [6.45, 7) is 3.74. The molecule has 0 bridgehead atoms. The molecule has 1 unspecified atom stereocenters. The number of hydrogen-bond donors (Lipinski definition) is 4. The van der Waals surface area contributed by atoms with Gasteiger partial charge >= 0.3 is 0 Å². The molecule has 0 heterocycles. The van der Waals surface area contributed by atoms with E-state index in [0.29, 0.717) is 22.5 Å². The van der Waals surface area contributed by atoms with E-state index in [9.17, 15) is 19.2 Å². The fourth-order valence-corrected chi connectivity index (χ4v) is 4.76. The van der Waals surface area contributed by atoms with Crippen LogP contribution < -0.4 is 21.7 Å². The molecule has 42 heavy (non-hydrogen) atoms. The van der Waals surface area contributed by atoms with Gasteiger partial charge in [0.25, 0.3) is 11.8 Å². The van der Waals surface area contributed by atoms with Crippen LogP contribution in [0.15, 0.2) is 114 Å². The molecule has 4 aromatic rings. The third-order valence-corrected chi connectivity index (χ3v) is 7.22. The molecule has 5 N–H and O–H groups in total. The van der Waals surface area contributed by atoms with Gasteiger partial charge in [0.2, 0.25) is 11.8 Å². The Hall–Kier alpha value is -5.15. The molecular weight excluding hydrogens is 548 g/mol. The summed E-state index contributed by atoms with van der Waals surface area (Å²) in [5.74, 6) is -1.67. The summed E-state index contributed by atoms with van der Waals surface area (Å²) in [5, 5.41) is 7.95. The Labute approximate surface area is 248 Å². The SMILES string of the molecule is Cc1ccc(/C=C(\NC(=O)c2ccccc2)C(=O)Nc2cccc(SC(C)C(=O)Nc3ccc(C(N)=O)cc3)c2)cc1. The average molecular weight is 579 g/mol. The Kier molecular flexibility index (Phi) is 9.91. The Morgan fingerprint density at radius 2 is 1.45 bits per heavy atom. The highest BCUT2D eigenvalue weighted by atomic mass is 32.2. The Balaban J connectivity index is 1.45. The third kappa shape index (κ3) is 8.42. The van der Waals surface area contributed by atoms with Gasteiger partial charge in [0.05, 0.1) is 5.25 Å². The van der Waals surface area contributed by atoms with Gasteiger partial charge in [-0.15, -0.1) is 11.8 Å². The lowest BCUT2D eigenvalue weighted by atomic mass is 10.1. The van der Waals surface area contributed by atoms with Crippen LogP contribution in [0.1, 0.15) is 38.8 Å². The molecule has 0 aliphatic heterocycles. The molecule has 8 nitrogen and oxygen atoms in total. The molecule has 4 rings (SSSR count). The number of aryl methyl sites for hydroxylation is 1. The van der Waals surface area contributed by atoms with Gasteiger partial charge in [-0.1, -0.05) is 54.1 Å². The van der Waals surface area contributed by atoms with Crippen LogP contribution >= 0.6 is 11.8 Å². The van der Waals surface area contributed by atoms with Gasteiger partial charge in [0.1, 0.15) is 5.70 Å². The van der Waals surface area contributed by atoms with E-state index in [1.165, 1.54) is 11.8 Å². The van der Waals surface area contributed by atoms with Crippen molar-refractivity contribution in [2.75, 3.05) is 10.6 Å². The highest BCUT2D eigenvalue weighted by Crippen LogP contribution is 2.27. The standard InChI is InChI=1S/C33H30N4O4S/c1-21-11-13-23(14-12-21)19-29(37-32(40)25-7-4-3-5-8-25)33(41)36-27-9-6-10-28(20-27)42-22(2)31(39)35-26-17-15-24(16-18-26)30(34)38/h3-20,22H,1-2H3,(H2,34,38)(H,35,39)(H,36,41)(H,37,40)/b29-19-. The Bertz CT molecular complexity index is 1620. The second kappa shape index (κ2) is 14.0. The van der Waals surface area contributed by atoms with Gasteiger partial charge in [0.15, 0.2) is 0 Å². The average Bonchev–Trinajstić information content (AvgIpc) is 2.98. The number of rotatable bonds is 10. The van der Waals surface area contributed by atoms with E-state index in [1.807, 2.05) is 43.3 Å². The van der Waals surface area contributed by atoms with Crippen molar-refractivity contribution in [3.05, 3.63) is 131 Å². The number of primary amides is 1. The van der Waals surface area contributed by atoms with Crippen LogP contribution in [0.2, 0.25) is 0 Å². The number of amides is 4. The first kappa shape index (κ1) is 29.8. The molecule has 0 saturated heterocycles. The van der Waals surface area contributed by atoms with Crippen LogP contribution in [0.5, 0.6) is 0 Å². The molecule has 0 saturated carbocycles. The quantitative estimate of drug-likeness (QED) is 0.143. The van der Waals surface area contributed by atoms with E-state index < -0.39 is 23.0 Å². The molecule has 0 aromatic heterocycles. The molecular formula is C33H30N4O4S. The molecule has 4 aromatic carbocycles. The van der Waals surface area contributed by atoms with Gasteiger partial charge in [-0.05, 0) is 80.1 Å². The Morgan fingerprint density at radius 3 is 2.12 bits per heavy atom. The van der Waals surface area contributed by atoms with Gasteiger partial charge in [0, 0.05) is 27.4 Å². The lowest BCUT2D eigenvalue weighted by Crippen LogP contribution is -2.30.